The van der Waals surface area contributed by atoms with Crippen LogP contribution in [0.4, 0.5) is 0 Å². The lowest BCUT2D eigenvalue weighted by molar-refractivity contribution is -0.275. The van der Waals surface area contributed by atoms with Gasteiger partial charge in [0.25, 0.3) is 0 Å². The highest BCUT2D eigenvalue weighted by atomic mass is 79.9. The highest BCUT2D eigenvalue weighted by molar-refractivity contribution is 9.10. The first-order valence-electron chi connectivity index (χ1n) is 15.3. The topological polar surface area (TPSA) is 0 Å². The molecule has 0 aliphatic heterocycles. The van der Waals surface area contributed by atoms with Crippen LogP contribution in [0.5, 0.6) is 0 Å². The molecule has 8 bridgehead atoms. The van der Waals surface area contributed by atoms with Crippen molar-refractivity contribution in [2.24, 2.45) is 32.5 Å². The second-order valence-electron chi connectivity index (χ2n) is 17.5. The highest BCUT2D eigenvalue weighted by Gasteiger charge is 2.76. The van der Waals surface area contributed by atoms with Crippen molar-refractivity contribution in [2.45, 2.75) is 116 Å². The number of hydrogen-bond donors (Lipinski definition) is 0. The van der Waals surface area contributed by atoms with Crippen LogP contribution in [-0.2, 0) is 10.8 Å². The van der Waals surface area contributed by atoms with Gasteiger partial charge in [0.15, 0.2) is 0 Å². The third-order valence-corrected chi connectivity index (χ3v) is 14.3. The Hall–Kier alpha value is -0.600. The van der Waals surface area contributed by atoms with Crippen LogP contribution >= 0.6 is 31.9 Å². The van der Waals surface area contributed by atoms with Crippen LogP contribution in [0.2, 0.25) is 0 Å². The van der Waals surface area contributed by atoms with Gasteiger partial charge in [-0.3, -0.25) is 0 Å². The maximum atomic E-state index is 3.74. The average Bonchev–Trinajstić information content (AvgIpc) is 2.75. The van der Waals surface area contributed by atoms with E-state index in [1.165, 1.54) is 86.0 Å². The molecule has 0 aromatic heterocycles. The monoisotopic (exact) mass is 634 g/mol. The van der Waals surface area contributed by atoms with Crippen LogP contribution in [0.3, 0.4) is 0 Å². The fourth-order valence-electron chi connectivity index (χ4n) is 14.7. The van der Waals surface area contributed by atoms with Gasteiger partial charge < -0.3 is 0 Å². The zero-order valence-corrected chi connectivity index (χ0v) is 27.0. The molecule has 0 nitrogen and oxygen atoms in total. The van der Waals surface area contributed by atoms with Crippen molar-refractivity contribution >= 4 is 31.9 Å². The molecule has 202 valence electrons. The third-order valence-electron chi connectivity index (χ3n) is 13.2. The smallest absolute Gasteiger partial charge is 0.0175 e. The van der Waals surface area contributed by atoms with Gasteiger partial charge in [-0.25, -0.2) is 0 Å². The van der Waals surface area contributed by atoms with E-state index in [1.54, 1.807) is 11.1 Å². The van der Waals surface area contributed by atoms with Crippen molar-refractivity contribution in [3.63, 3.8) is 0 Å². The molecule has 0 N–H and O–H groups in total. The molecule has 38 heavy (non-hydrogen) atoms. The normalized spacial score (nSPS) is 52.1. The summed E-state index contributed by atoms with van der Waals surface area (Å²) >= 11 is 7.47. The molecule has 4 unspecified atom stereocenters. The molecule has 0 heterocycles. The van der Waals surface area contributed by atoms with Gasteiger partial charge in [0, 0.05) is 8.95 Å². The molecule has 0 spiro atoms. The van der Waals surface area contributed by atoms with Gasteiger partial charge in [0.05, 0.1) is 0 Å². The summed E-state index contributed by atoms with van der Waals surface area (Å²) in [6.45, 7) is 10.8. The zero-order valence-electron chi connectivity index (χ0n) is 23.9. The molecule has 8 saturated carbocycles. The summed E-state index contributed by atoms with van der Waals surface area (Å²) in [7, 11) is 0. The second kappa shape index (κ2) is 7.24. The quantitative estimate of drug-likeness (QED) is 0.315. The Kier molecular flexibility index (Phi) is 4.79. The first-order chi connectivity index (χ1) is 17.7. The Morgan fingerprint density at radius 2 is 0.684 bits per heavy atom. The van der Waals surface area contributed by atoms with E-state index < -0.39 is 0 Å². The number of hydrogen-bond acceptors (Lipinski definition) is 0. The van der Waals surface area contributed by atoms with E-state index in [-0.39, 0.29) is 0 Å². The summed E-state index contributed by atoms with van der Waals surface area (Å²) < 4.78 is 2.44. The lowest BCUT2D eigenvalue weighted by atomic mass is 9.24. The summed E-state index contributed by atoms with van der Waals surface area (Å²) in [4.78, 5) is 0. The van der Waals surface area contributed by atoms with Gasteiger partial charge in [-0.15, -0.1) is 0 Å². The largest absolute Gasteiger partial charge is 0.0596 e. The highest BCUT2D eigenvalue weighted by Crippen LogP contribution is 2.85. The molecular formula is C36H44Br2. The molecule has 8 aliphatic carbocycles. The fraction of sp³-hybridized carbons (Fsp3) is 0.667. The number of benzene rings is 2. The van der Waals surface area contributed by atoms with E-state index >= 15 is 0 Å². The van der Waals surface area contributed by atoms with Gasteiger partial charge in [-0.05, 0) is 156 Å². The van der Waals surface area contributed by atoms with E-state index in [4.69, 9.17) is 0 Å². The van der Waals surface area contributed by atoms with Gasteiger partial charge in [-0.1, -0.05) is 83.8 Å². The predicted octanol–water partition coefficient (Wildman–Crippen LogP) is 11.1. The van der Waals surface area contributed by atoms with E-state index in [0.29, 0.717) is 43.3 Å². The summed E-state index contributed by atoms with van der Waals surface area (Å²) in [5.41, 5.74) is 6.87. The van der Waals surface area contributed by atoms with Crippen molar-refractivity contribution in [2.75, 3.05) is 0 Å². The molecule has 8 aliphatic rings. The van der Waals surface area contributed by atoms with Gasteiger partial charge in [0.1, 0.15) is 0 Å². The first-order valence-corrected chi connectivity index (χ1v) is 16.8. The van der Waals surface area contributed by atoms with Crippen molar-refractivity contribution in [3.05, 3.63) is 68.6 Å². The maximum absolute atomic E-state index is 3.74. The van der Waals surface area contributed by atoms with Crippen molar-refractivity contribution in [1.29, 1.82) is 0 Å². The first kappa shape index (κ1) is 25.1. The van der Waals surface area contributed by atoms with Gasteiger partial charge >= 0.3 is 0 Å². The van der Waals surface area contributed by atoms with Crippen LogP contribution in [0, 0.1) is 32.5 Å². The molecule has 2 aromatic carbocycles. The van der Waals surface area contributed by atoms with Gasteiger partial charge in [0.2, 0.25) is 0 Å². The maximum Gasteiger partial charge on any atom is 0.0175 e. The Morgan fingerprint density at radius 3 is 0.974 bits per heavy atom. The fourth-order valence-corrected chi connectivity index (χ4v) is 15.3. The van der Waals surface area contributed by atoms with Crippen molar-refractivity contribution < 1.29 is 0 Å². The SMILES string of the molecule is CC12CC3(C)CC(c4ccc(Br)cc4)(C1)CC(C14CC5(C)CC(C)(CC(c6ccc(Br)cc6)(C5)C1)C4)(C2)C3. The Morgan fingerprint density at radius 1 is 0.395 bits per heavy atom. The van der Waals surface area contributed by atoms with E-state index in [9.17, 15) is 0 Å². The van der Waals surface area contributed by atoms with Crippen LogP contribution < -0.4 is 0 Å². The summed E-state index contributed by atoms with van der Waals surface area (Å²) in [5, 5.41) is 0. The summed E-state index contributed by atoms with van der Waals surface area (Å²) in [6.07, 6.45) is 17.3. The van der Waals surface area contributed by atoms with Crippen molar-refractivity contribution in [3.8, 4) is 0 Å². The zero-order chi connectivity index (χ0) is 26.5. The van der Waals surface area contributed by atoms with Gasteiger partial charge in [-0.2, -0.15) is 0 Å². The van der Waals surface area contributed by atoms with Crippen molar-refractivity contribution in [1.82, 2.24) is 0 Å². The molecular weight excluding hydrogens is 592 g/mol. The molecule has 10 rings (SSSR count). The Balaban J connectivity index is 1.31. The molecule has 0 amide bonds. The van der Waals surface area contributed by atoms with Crippen LogP contribution in [0.1, 0.15) is 116 Å². The summed E-state index contributed by atoms with van der Waals surface area (Å²) in [5.74, 6) is 0. The standard InChI is InChI=1S/C36H44Br2/c1-29-13-30(2)16-33(15-29,25-5-9-27(37)10-6-25)23-35(19-29,20-30)36-21-31(3)14-32(4,22-36)18-34(17-31,24-36)26-7-11-28(38)12-8-26/h5-12H,13-24H2,1-4H3. The molecule has 2 aromatic rings. The molecule has 0 saturated heterocycles. The average molecular weight is 637 g/mol. The number of rotatable bonds is 3. The summed E-state index contributed by atoms with van der Waals surface area (Å²) in [6, 6.07) is 19.2. The third kappa shape index (κ3) is 3.32. The minimum Gasteiger partial charge on any atom is -0.0596 e. The second-order valence-corrected chi connectivity index (χ2v) is 19.3. The lowest BCUT2D eigenvalue weighted by Gasteiger charge is -2.80. The van der Waals surface area contributed by atoms with E-state index in [0.717, 1.165) is 0 Å². The van der Waals surface area contributed by atoms with Crippen LogP contribution in [-0.4, -0.2) is 0 Å². The minimum atomic E-state index is 0.356. The Bertz CT molecular complexity index is 1180. The minimum absolute atomic E-state index is 0.356. The van der Waals surface area contributed by atoms with E-state index in [2.05, 4.69) is 108 Å². The van der Waals surface area contributed by atoms with Crippen LogP contribution in [0.25, 0.3) is 0 Å². The molecule has 2 heteroatoms. The Labute approximate surface area is 247 Å². The lowest BCUT2D eigenvalue weighted by Crippen LogP contribution is -2.71. The molecule has 0 radical (unpaired) electrons. The van der Waals surface area contributed by atoms with Crippen LogP contribution in [0.15, 0.2) is 57.5 Å². The number of halogens is 2. The predicted molar refractivity (Wildman–Crippen MR) is 164 cm³/mol. The molecule has 4 atom stereocenters. The molecule has 8 fully saturated rings. The van der Waals surface area contributed by atoms with E-state index in [1.807, 2.05) is 0 Å².